The Morgan fingerprint density at radius 2 is 2.07 bits per heavy atom. The molecule has 0 bridgehead atoms. The molecule has 0 aromatic heterocycles. The van der Waals surface area contributed by atoms with Gasteiger partial charge in [0.2, 0.25) is 5.91 Å². The van der Waals surface area contributed by atoms with Crippen molar-refractivity contribution < 1.29 is 9.90 Å². The van der Waals surface area contributed by atoms with Gasteiger partial charge in [-0.05, 0) is 25.7 Å². The van der Waals surface area contributed by atoms with Crippen molar-refractivity contribution in [1.82, 2.24) is 4.90 Å². The van der Waals surface area contributed by atoms with Crippen LogP contribution in [0.4, 0.5) is 0 Å². The van der Waals surface area contributed by atoms with E-state index in [9.17, 15) is 9.90 Å². The molecule has 2 rings (SSSR count). The maximum atomic E-state index is 11.9. The molecule has 3 nitrogen and oxygen atoms in total. The van der Waals surface area contributed by atoms with Crippen molar-refractivity contribution in [3.63, 3.8) is 0 Å². The summed E-state index contributed by atoms with van der Waals surface area (Å²) in [6, 6.07) is 0. The Bertz CT molecular complexity index is 242. The third-order valence-corrected chi connectivity index (χ3v) is 3.55. The van der Waals surface area contributed by atoms with E-state index in [1.807, 2.05) is 0 Å². The van der Waals surface area contributed by atoms with Crippen LogP contribution in [0.2, 0.25) is 0 Å². The summed E-state index contributed by atoms with van der Waals surface area (Å²) in [5, 5.41) is 9.55. The molecule has 2 fully saturated rings. The summed E-state index contributed by atoms with van der Waals surface area (Å²) in [5.41, 5.74) is -0.627. The number of aliphatic hydroxyl groups is 1. The van der Waals surface area contributed by atoms with Gasteiger partial charge in [0.25, 0.3) is 0 Å². The van der Waals surface area contributed by atoms with E-state index in [0.29, 0.717) is 19.0 Å². The first kappa shape index (κ1) is 9.97. The molecule has 2 atom stereocenters. The van der Waals surface area contributed by atoms with Crippen LogP contribution in [-0.4, -0.2) is 34.6 Å². The van der Waals surface area contributed by atoms with E-state index < -0.39 is 5.60 Å². The first-order valence-electron chi connectivity index (χ1n) is 5.51. The molecule has 1 amide bonds. The highest BCUT2D eigenvalue weighted by Crippen LogP contribution is 2.34. The number of amides is 1. The highest BCUT2D eigenvalue weighted by Gasteiger charge is 2.43. The third-order valence-electron chi connectivity index (χ3n) is 3.55. The van der Waals surface area contributed by atoms with E-state index in [4.69, 9.17) is 0 Å². The van der Waals surface area contributed by atoms with Gasteiger partial charge in [-0.15, -0.1) is 0 Å². The molecule has 1 saturated heterocycles. The summed E-state index contributed by atoms with van der Waals surface area (Å²) in [7, 11) is 0. The largest absolute Gasteiger partial charge is 0.386 e. The second-order valence-corrected chi connectivity index (χ2v) is 5.21. The lowest BCUT2D eigenvalue weighted by Gasteiger charge is -2.45. The fourth-order valence-electron chi connectivity index (χ4n) is 2.68. The van der Waals surface area contributed by atoms with Crippen LogP contribution in [0.5, 0.6) is 0 Å². The van der Waals surface area contributed by atoms with Gasteiger partial charge in [0.15, 0.2) is 0 Å². The van der Waals surface area contributed by atoms with Gasteiger partial charge in [-0.2, -0.15) is 0 Å². The molecule has 1 aliphatic carbocycles. The minimum atomic E-state index is -0.627. The maximum absolute atomic E-state index is 11.9. The van der Waals surface area contributed by atoms with Gasteiger partial charge in [-0.1, -0.05) is 13.3 Å². The molecule has 2 unspecified atom stereocenters. The second kappa shape index (κ2) is 3.23. The van der Waals surface area contributed by atoms with Crippen LogP contribution in [0.3, 0.4) is 0 Å². The molecule has 1 heterocycles. The molecule has 14 heavy (non-hydrogen) atoms. The zero-order valence-corrected chi connectivity index (χ0v) is 8.99. The molecule has 0 spiro atoms. The molecule has 80 valence electrons. The Hall–Kier alpha value is -0.570. The van der Waals surface area contributed by atoms with E-state index in [1.165, 1.54) is 12.8 Å². The van der Waals surface area contributed by atoms with Gasteiger partial charge in [-0.25, -0.2) is 0 Å². The first-order valence-corrected chi connectivity index (χ1v) is 5.51. The van der Waals surface area contributed by atoms with Crippen LogP contribution in [0, 0.1) is 11.8 Å². The van der Waals surface area contributed by atoms with Gasteiger partial charge in [0, 0.05) is 5.92 Å². The molecule has 0 aromatic rings. The summed E-state index contributed by atoms with van der Waals surface area (Å²) in [6.07, 6.45) is 3.40. The first-order chi connectivity index (χ1) is 6.49. The van der Waals surface area contributed by atoms with Gasteiger partial charge < -0.3 is 10.0 Å². The molecule has 3 heteroatoms. The number of carbonyl (C=O) groups excluding carboxylic acids is 1. The van der Waals surface area contributed by atoms with Crippen LogP contribution in [0.1, 0.15) is 33.1 Å². The Kier molecular flexibility index (Phi) is 2.30. The van der Waals surface area contributed by atoms with Gasteiger partial charge in [-0.3, -0.25) is 4.79 Å². The average Bonchev–Trinajstić information content (AvgIpc) is 2.45. The van der Waals surface area contributed by atoms with Crippen molar-refractivity contribution in [2.75, 3.05) is 13.1 Å². The van der Waals surface area contributed by atoms with Crippen molar-refractivity contribution in [1.29, 1.82) is 0 Å². The van der Waals surface area contributed by atoms with Crippen molar-refractivity contribution in [2.45, 2.75) is 38.7 Å². The number of nitrogens with zero attached hydrogens (tertiary/aromatic N) is 1. The lowest BCUT2D eigenvalue weighted by molar-refractivity contribution is -0.157. The minimum Gasteiger partial charge on any atom is -0.386 e. The van der Waals surface area contributed by atoms with E-state index in [1.54, 1.807) is 11.8 Å². The highest BCUT2D eigenvalue weighted by molar-refractivity contribution is 5.80. The molecule has 1 N–H and O–H groups in total. The average molecular weight is 197 g/mol. The van der Waals surface area contributed by atoms with Crippen molar-refractivity contribution >= 4 is 5.91 Å². The second-order valence-electron chi connectivity index (χ2n) is 5.21. The van der Waals surface area contributed by atoms with E-state index in [-0.39, 0.29) is 11.8 Å². The number of hydrogen-bond acceptors (Lipinski definition) is 2. The molecule has 1 saturated carbocycles. The quantitative estimate of drug-likeness (QED) is 0.681. The molecular formula is C11H19NO2. The van der Waals surface area contributed by atoms with Crippen LogP contribution < -0.4 is 0 Å². The lowest BCUT2D eigenvalue weighted by Crippen LogP contribution is -2.62. The van der Waals surface area contributed by atoms with Crippen LogP contribution in [-0.2, 0) is 4.79 Å². The Morgan fingerprint density at radius 1 is 1.43 bits per heavy atom. The van der Waals surface area contributed by atoms with Crippen molar-refractivity contribution in [2.24, 2.45) is 11.8 Å². The predicted molar refractivity (Wildman–Crippen MR) is 53.7 cm³/mol. The molecule has 1 aliphatic heterocycles. The minimum absolute atomic E-state index is 0.228. The summed E-state index contributed by atoms with van der Waals surface area (Å²) in [5.74, 6) is 1.03. The topological polar surface area (TPSA) is 40.5 Å². The number of likely N-dealkylation sites (tertiary alicyclic amines) is 1. The van der Waals surface area contributed by atoms with E-state index in [0.717, 1.165) is 6.42 Å². The Balaban J connectivity index is 1.90. The molecule has 0 radical (unpaired) electrons. The fraction of sp³-hybridized carbons (Fsp3) is 0.909. The number of carbonyl (C=O) groups is 1. The normalized spacial score (nSPS) is 35.5. The Labute approximate surface area is 85.1 Å². The smallest absolute Gasteiger partial charge is 0.226 e. The predicted octanol–water partition coefficient (Wildman–Crippen LogP) is 1.02. The number of hydrogen-bond donors (Lipinski definition) is 1. The van der Waals surface area contributed by atoms with Crippen LogP contribution in [0.25, 0.3) is 0 Å². The van der Waals surface area contributed by atoms with Crippen molar-refractivity contribution in [3.05, 3.63) is 0 Å². The lowest BCUT2D eigenvalue weighted by atomic mass is 9.91. The monoisotopic (exact) mass is 197 g/mol. The van der Waals surface area contributed by atoms with Crippen LogP contribution in [0.15, 0.2) is 0 Å². The zero-order valence-electron chi connectivity index (χ0n) is 8.99. The van der Waals surface area contributed by atoms with Gasteiger partial charge >= 0.3 is 0 Å². The highest BCUT2D eigenvalue weighted by atomic mass is 16.3. The number of rotatable bonds is 1. The summed E-state index contributed by atoms with van der Waals surface area (Å²) in [6.45, 7) is 4.99. The number of β-amino-alcohol motifs (C(OH)–C–C–N with tert-alkyl or cyclic N) is 1. The van der Waals surface area contributed by atoms with Crippen molar-refractivity contribution in [3.8, 4) is 0 Å². The third kappa shape index (κ3) is 1.65. The maximum Gasteiger partial charge on any atom is 0.226 e. The summed E-state index contributed by atoms with van der Waals surface area (Å²) in [4.78, 5) is 13.7. The van der Waals surface area contributed by atoms with Crippen LogP contribution >= 0.6 is 0 Å². The molecule has 2 aliphatic rings. The fourth-order valence-corrected chi connectivity index (χ4v) is 2.68. The standard InChI is InChI=1S/C11H19NO2/c1-8-4-3-5-9(8)10(13)12-6-11(2,14)7-12/h8-9,14H,3-7H2,1-2H3. The molecule has 0 aromatic carbocycles. The van der Waals surface area contributed by atoms with E-state index in [2.05, 4.69) is 6.92 Å². The summed E-state index contributed by atoms with van der Waals surface area (Å²) < 4.78 is 0. The Morgan fingerprint density at radius 3 is 2.50 bits per heavy atom. The van der Waals surface area contributed by atoms with Gasteiger partial charge in [0.1, 0.15) is 0 Å². The zero-order chi connectivity index (χ0) is 10.3. The SMILES string of the molecule is CC1CCCC1C(=O)N1CC(C)(O)C1. The van der Waals surface area contributed by atoms with E-state index >= 15 is 0 Å². The van der Waals surface area contributed by atoms with Gasteiger partial charge in [0.05, 0.1) is 18.7 Å². The molecular weight excluding hydrogens is 178 g/mol. The summed E-state index contributed by atoms with van der Waals surface area (Å²) >= 11 is 0.